The lowest BCUT2D eigenvalue weighted by Gasteiger charge is -2.17. The monoisotopic (exact) mass is 282 g/mol. The van der Waals surface area contributed by atoms with Crippen molar-refractivity contribution in [2.75, 3.05) is 6.54 Å². The highest BCUT2D eigenvalue weighted by molar-refractivity contribution is 5.39. The van der Waals surface area contributed by atoms with Crippen molar-refractivity contribution < 1.29 is 4.74 Å². The average molecular weight is 282 g/mol. The minimum Gasteiger partial charge on any atom is -0.439 e. The third kappa shape index (κ3) is 3.42. The molecule has 2 aromatic rings. The van der Waals surface area contributed by atoms with Crippen LogP contribution >= 0.6 is 0 Å². The molecule has 0 fully saturated rings. The van der Waals surface area contributed by atoms with E-state index in [1.807, 2.05) is 6.07 Å². The van der Waals surface area contributed by atoms with Crippen LogP contribution in [0.2, 0.25) is 0 Å². The Morgan fingerprint density at radius 1 is 1.14 bits per heavy atom. The smallest absolute Gasteiger partial charge is 0.223 e. The molecule has 1 aliphatic carbocycles. The second kappa shape index (κ2) is 6.72. The molecule has 0 amide bonds. The number of nitrogens with one attached hydrogen (secondary N) is 1. The number of hydrogen-bond acceptors (Lipinski definition) is 3. The molecular weight excluding hydrogens is 260 g/mol. The van der Waals surface area contributed by atoms with Crippen molar-refractivity contribution in [3.63, 3.8) is 0 Å². The summed E-state index contributed by atoms with van der Waals surface area (Å²) >= 11 is 0. The molecule has 0 spiro atoms. The van der Waals surface area contributed by atoms with Crippen molar-refractivity contribution in [2.24, 2.45) is 0 Å². The highest BCUT2D eigenvalue weighted by Crippen LogP contribution is 2.28. The molecule has 1 aliphatic rings. The molecule has 3 nitrogen and oxygen atoms in total. The fraction of sp³-hybridized carbons (Fsp3) is 0.389. The molecule has 0 unspecified atom stereocenters. The maximum Gasteiger partial charge on any atom is 0.223 e. The largest absolute Gasteiger partial charge is 0.439 e. The standard InChI is InChI=1S/C18H22N2O/c1-2-19-13-16-8-5-11-20-18(16)21-17-10-9-14-6-3-4-7-15(14)12-17/h5,8-12,19H,2-4,6-7,13H2,1H3. The van der Waals surface area contributed by atoms with E-state index in [2.05, 4.69) is 41.5 Å². The van der Waals surface area contributed by atoms with Crippen LogP contribution in [0.4, 0.5) is 0 Å². The molecule has 3 heteroatoms. The zero-order valence-electron chi connectivity index (χ0n) is 12.6. The van der Waals surface area contributed by atoms with Crippen LogP contribution in [0.3, 0.4) is 0 Å². The molecule has 1 N–H and O–H groups in total. The van der Waals surface area contributed by atoms with Gasteiger partial charge in [0.05, 0.1) is 0 Å². The lowest BCUT2D eigenvalue weighted by atomic mass is 9.92. The summed E-state index contributed by atoms with van der Waals surface area (Å²) in [6.07, 6.45) is 6.74. The number of aryl methyl sites for hydroxylation is 2. The summed E-state index contributed by atoms with van der Waals surface area (Å²) in [5, 5.41) is 3.32. The Kier molecular flexibility index (Phi) is 4.51. The first-order valence-corrected chi connectivity index (χ1v) is 7.81. The van der Waals surface area contributed by atoms with Crippen molar-refractivity contribution in [1.82, 2.24) is 10.3 Å². The van der Waals surface area contributed by atoms with Gasteiger partial charge >= 0.3 is 0 Å². The Morgan fingerprint density at radius 3 is 2.86 bits per heavy atom. The van der Waals surface area contributed by atoms with Gasteiger partial charge in [-0.2, -0.15) is 0 Å². The van der Waals surface area contributed by atoms with Crippen LogP contribution in [0.25, 0.3) is 0 Å². The van der Waals surface area contributed by atoms with Crippen molar-refractivity contribution in [3.8, 4) is 11.6 Å². The van der Waals surface area contributed by atoms with Gasteiger partial charge in [0.15, 0.2) is 0 Å². The van der Waals surface area contributed by atoms with E-state index in [0.29, 0.717) is 5.88 Å². The van der Waals surface area contributed by atoms with Crippen molar-refractivity contribution in [3.05, 3.63) is 53.2 Å². The molecule has 0 aliphatic heterocycles. The molecule has 21 heavy (non-hydrogen) atoms. The Hall–Kier alpha value is -1.87. The van der Waals surface area contributed by atoms with Crippen LogP contribution in [0.5, 0.6) is 11.6 Å². The van der Waals surface area contributed by atoms with Crippen molar-refractivity contribution in [1.29, 1.82) is 0 Å². The first-order valence-electron chi connectivity index (χ1n) is 7.81. The van der Waals surface area contributed by atoms with E-state index in [1.165, 1.54) is 36.8 Å². The molecular formula is C18H22N2O. The molecule has 0 bridgehead atoms. The van der Waals surface area contributed by atoms with Crippen LogP contribution in [-0.4, -0.2) is 11.5 Å². The van der Waals surface area contributed by atoms with Crippen LogP contribution in [-0.2, 0) is 19.4 Å². The first kappa shape index (κ1) is 14.1. The summed E-state index contributed by atoms with van der Waals surface area (Å²) < 4.78 is 6.02. The van der Waals surface area contributed by atoms with E-state index in [1.54, 1.807) is 6.20 Å². The molecule has 1 heterocycles. The Balaban J connectivity index is 1.80. The lowest BCUT2D eigenvalue weighted by Crippen LogP contribution is -2.12. The van der Waals surface area contributed by atoms with Crippen LogP contribution < -0.4 is 10.1 Å². The van der Waals surface area contributed by atoms with Gasteiger partial charge in [-0.1, -0.05) is 19.1 Å². The number of ether oxygens (including phenoxy) is 1. The molecule has 3 rings (SSSR count). The zero-order chi connectivity index (χ0) is 14.5. The predicted molar refractivity (Wildman–Crippen MR) is 84.8 cm³/mol. The summed E-state index contributed by atoms with van der Waals surface area (Å²) in [4.78, 5) is 4.38. The van der Waals surface area contributed by atoms with Gasteiger partial charge in [0.25, 0.3) is 0 Å². The van der Waals surface area contributed by atoms with E-state index < -0.39 is 0 Å². The highest BCUT2D eigenvalue weighted by atomic mass is 16.5. The van der Waals surface area contributed by atoms with Gasteiger partial charge in [-0.25, -0.2) is 4.98 Å². The summed E-state index contributed by atoms with van der Waals surface area (Å²) in [5.74, 6) is 1.60. The second-order valence-electron chi connectivity index (χ2n) is 5.49. The van der Waals surface area contributed by atoms with Crippen LogP contribution in [0.15, 0.2) is 36.5 Å². The Labute approximate surface area is 126 Å². The van der Waals surface area contributed by atoms with E-state index in [0.717, 1.165) is 24.4 Å². The quantitative estimate of drug-likeness (QED) is 0.904. The van der Waals surface area contributed by atoms with Gasteiger partial charge in [0.2, 0.25) is 5.88 Å². The number of rotatable bonds is 5. The van der Waals surface area contributed by atoms with Gasteiger partial charge in [-0.15, -0.1) is 0 Å². The van der Waals surface area contributed by atoms with Crippen molar-refractivity contribution >= 4 is 0 Å². The summed E-state index contributed by atoms with van der Waals surface area (Å²) in [6.45, 7) is 3.82. The van der Waals surface area contributed by atoms with E-state index in [4.69, 9.17) is 4.74 Å². The van der Waals surface area contributed by atoms with Gasteiger partial charge in [-0.3, -0.25) is 0 Å². The molecule has 110 valence electrons. The summed E-state index contributed by atoms with van der Waals surface area (Å²) in [6, 6.07) is 10.5. The third-order valence-corrected chi connectivity index (χ3v) is 3.95. The van der Waals surface area contributed by atoms with Crippen LogP contribution in [0, 0.1) is 0 Å². The number of nitrogens with zero attached hydrogens (tertiary/aromatic N) is 1. The minimum absolute atomic E-state index is 0.703. The maximum atomic E-state index is 6.02. The Morgan fingerprint density at radius 2 is 2.00 bits per heavy atom. The maximum absolute atomic E-state index is 6.02. The Bertz CT molecular complexity index is 610. The predicted octanol–water partition coefficient (Wildman–Crippen LogP) is 3.86. The fourth-order valence-electron chi connectivity index (χ4n) is 2.80. The van der Waals surface area contributed by atoms with E-state index in [-0.39, 0.29) is 0 Å². The number of aromatic nitrogens is 1. The number of fused-ring (bicyclic) bond motifs is 1. The first-order chi connectivity index (χ1) is 10.4. The van der Waals surface area contributed by atoms with Gasteiger partial charge in [0, 0.05) is 18.3 Å². The lowest BCUT2D eigenvalue weighted by molar-refractivity contribution is 0.452. The molecule has 1 aromatic carbocycles. The zero-order valence-corrected chi connectivity index (χ0v) is 12.6. The highest BCUT2D eigenvalue weighted by Gasteiger charge is 2.11. The number of benzene rings is 1. The molecule has 1 aromatic heterocycles. The fourth-order valence-corrected chi connectivity index (χ4v) is 2.80. The van der Waals surface area contributed by atoms with Gasteiger partial charge in [-0.05, 0) is 61.6 Å². The topological polar surface area (TPSA) is 34.2 Å². The summed E-state index contributed by atoms with van der Waals surface area (Å²) in [5.41, 5.74) is 4.00. The van der Waals surface area contributed by atoms with E-state index >= 15 is 0 Å². The summed E-state index contributed by atoms with van der Waals surface area (Å²) in [7, 11) is 0. The normalized spacial score (nSPS) is 13.8. The number of pyridine rings is 1. The number of hydrogen-bond donors (Lipinski definition) is 1. The van der Waals surface area contributed by atoms with Crippen molar-refractivity contribution in [2.45, 2.75) is 39.2 Å². The molecule has 0 atom stereocenters. The average Bonchev–Trinajstić information content (AvgIpc) is 2.54. The van der Waals surface area contributed by atoms with Crippen LogP contribution in [0.1, 0.15) is 36.5 Å². The molecule has 0 radical (unpaired) electrons. The third-order valence-electron chi connectivity index (χ3n) is 3.95. The van der Waals surface area contributed by atoms with Gasteiger partial charge < -0.3 is 10.1 Å². The molecule has 0 saturated heterocycles. The second-order valence-corrected chi connectivity index (χ2v) is 5.49. The minimum atomic E-state index is 0.703. The van der Waals surface area contributed by atoms with Gasteiger partial charge in [0.1, 0.15) is 5.75 Å². The molecule has 0 saturated carbocycles. The van der Waals surface area contributed by atoms with E-state index in [9.17, 15) is 0 Å². The SMILES string of the molecule is CCNCc1cccnc1Oc1ccc2c(c1)CCCC2.